The second-order valence-electron chi connectivity index (χ2n) is 5.90. The maximum atomic E-state index is 9.16. The maximum Gasteiger partial charge on any atom is 0.249 e. The van der Waals surface area contributed by atoms with E-state index in [-0.39, 0.29) is 11.7 Å². The Labute approximate surface area is 163 Å². The molecule has 1 saturated heterocycles. The van der Waals surface area contributed by atoms with Crippen molar-refractivity contribution in [3.05, 3.63) is 57.5 Å². The molecule has 0 spiro atoms. The van der Waals surface area contributed by atoms with Gasteiger partial charge in [-0.05, 0) is 37.1 Å². The molecule has 130 valence electrons. The number of anilines is 1. The van der Waals surface area contributed by atoms with Crippen LogP contribution in [0.5, 0.6) is 0 Å². The lowest BCUT2D eigenvalue weighted by Gasteiger charge is -2.23. The van der Waals surface area contributed by atoms with Crippen molar-refractivity contribution in [2.24, 2.45) is 0 Å². The van der Waals surface area contributed by atoms with Crippen LogP contribution in [0.3, 0.4) is 0 Å². The van der Waals surface area contributed by atoms with Crippen LogP contribution in [-0.2, 0) is 0 Å². The zero-order valence-corrected chi connectivity index (χ0v) is 15.9. The van der Waals surface area contributed by atoms with Crippen molar-refractivity contribution in [1.29, 1.82) is 5.26 Å². The number of halogens is 2. The number of hydrogen-bond acceptors (Lipinski definition) is 6. The smallest absolute Gasteiger partial charge is 0.249 e. The van der Waals surface area contributed by atoms with Gasteiger partial charge in [-0.3, -0.25) is 0 Å². The van der Waals surface area contributed by atoms with E-state index in [1.54, 1.807) is 6.07 Å². The maximum absolute atomic E-state index is 9.16. The average molecular weight is 431 g/mol. The summed E-state index contributed by atoms with van der Waals surface area (Å²) in [6.45, 7) is 0.802. The topological polar surface area (TPSA) is 78.8 Å². The largest absolute Gasteiger partial charge is 0.345 e. The normalized spacial score (nSPS) is 16.7. The predicted molar refractivity (Wildman–Crippen MR) is 101 cm³/mol. The quantitative estimate of drug-likeness (QED) is 0.596. The van der Waals surface area contributed by atoms with Crippen LogP contribution in [0, 0.1) is 11.3 Å². The summed E-state index contributed by atoms with van der Waals surface area (Å²) in [5.74, 6) is 1.78. The molecule has 8 heteroatoms. The highest BCUT2D eigenvalue weighted by molar-refractivity contribution is 9.10. The van der Waals surface area contributed by atoms with Gasteiger partial charge in [-0.25, -0.2) is 4.98 Å². The molecule has 2 aromatic heterocycles. The average Bonchev–Trinajstić information content (AvgIpc) is 3.31. The number of pyridine rings is 1. The number of nitrogens with zero attached hydrogens (tertiary/aromatic N) is 5. The van der Waals surface area contributed by atoms with E-state index in [1.165, 1.54) is 0 Å². The number of benzene rings is 1. The number of hydrogen-bond donors (Lipinski definition) is 0. The van der Waals surface area contributed by atoms with Crippen LogP contribution in [0.2, 0.25) is 5.02 Å². The first-order chi connectivity index (χ1) is 12.7. The molecule has 0 N–H and O–H groups in total. The summed E-state index contributed by atoms with van der Waals surface area (Å²) in [5, 5.41) is 13.6. The second-order valence-corrected chi connectivity index (χ2v) is 7.16. The summed E-state index contributed by atoms with van der Waals surface area (Å²) in [4.78, 5) is 11.0. The molecular formula is C18H13BrClN5O. The highest BCUT2D eigenvalue weighted by Gasteiger charge is 2.32. The number of aromatic nitrogens is 3. The molecule has 6 nitrogen and oxygen atoms in total. The third kappa shape index (κ3) is 3.06. The summed E-state index contributed by atoms with van der Waals surface area (Å²) in [6.07, 6.45) is 1.85. The lowest BCUT2D eigenvalue weighted by molar-refractivity contribution is 0.354. The molecule has 0 bridgehead atoms. The molecule has 1 aliphatic rings. The summed E-state index contributed by atoms with van der Waals surface area (Å²) in [6, 6.07) is 13.2. The first-order valence-corrected chi connectivity index (χ1v) is 9.26. The van der Waals surface area contributed by atoms with Crippen molar-refractivity contribution in [3.8, 4) is 17.5 Å². The Kier molecular flexibility index (Phi) is 4.62. The van der Waals surface area contributed by atoms with E-state index in [9.17, 15) is 0 Å². The minimum Gasteiger partial charge on any atom is -0.345 e. The van der Waals surface area contributed by atoms with Crippen LogP contribution < -0.4 is 4.90 Å². The molecule has 0 radical (unpaired) electrons. The molecular weight excluding hydrogens is 418 g/mol. The fraction of sp³-hybridized carbons (Fsp3) is 0.222. The molecule has 1 aromatic carbocycles. The van der Waals surface area contributed by atoms with Crippen LogP contribution in [0.25, 0.3) is 11.4 Å². The Hall–Kier alpha value is -2.43. The van der Waals surface area contributed by atoms with Crippen molar-refractivity contribution in [2.75, 3.05) is 11.4 Å². The Morgan fingerprint density at radius 3 is 2.88 bits per heavy atom. The minimum atomic E-state index is -0.0704. The molecule has 26 heavy (non-hydrogen) atoms. The van der Waals surface area contributed by atoms with Crippen LogP contribution in [-0.4, -0.2) is 21.7 Å². The summed E-state index contributed by atoms with van der Waals surface area (Å²) in [5.41, 5.74) is 1.10. The van der Waals surface area contributed by atoms with Gasteiger partial charge in [0.05, 0.1) is 5.02 Å². The first-order valence-electron chi connectivity index (χ1n) is 8.09. The van der Waals surface area contributed by atoms with Gasteiger partial charge in [-0.1, -0.05) is 44.8 Å². The monoisotopic (exact) mass is 429 g/mol. The molecule has 1 aliphatic heterocycles. The van der Waals surface area contributed by atoms with Crippen molar-refractivity contribution < 1.29 is 4.52 Å². The van der Waals surface area contributed by atoms with Crippen molar-refractivity contribution >= 4 is 33.3 Å². The SMILES string of the molecule is N#Cc1nc(N2CCCC2c2nc(-c3ccccc3Br)no2)ccc1Cl. The highest BCUT2D eigenvalue weighted by atomic mass is 79.9. The Morgan fingerprint density at radius 2 is 2.08 bits per heavy atom. The lowest BCUT2D eigenvalue weighted by Crippen LogP contribution is -2.24. The molecule has 0 amide bonds. The van der Waals surface area contributed by atoms with E-state index in [2.05, 4.69) is 36.0 Å². The van der Waals surface area contributed by atoms with Crippen molar-refractivity contribution in [2.45, 2.75) is 18.9 Å². The van der Waals surface area contributed by atoms with Gasteiger partial charge in [-0.2, -0.15) is 10.2 Å². The van der Waals surface area contributed by atoms with Gasteiger partial charge in [0.1, 0.15) is 17.9 Å². The van der Waals surface area contributed by atoms with E-state index in [1.807, 2.05) is 36.4 Å². The fourth-order valence-corrected chi connectivity index (χ4v) is 3.70. The van der Waals surface area contributed by atoms with E-state index in [0.29, 0.717) is 22.6 Å². The van der Waals surface area contributed by atoms with Gasteiger partial charge in [0.25, 0.3) is 0 Å². The first kappa shape index (κ1) is 17.0. The van der Waals surface area contributed by atoms with Crippen molar-refractivity contribution in [1.82, 2.24) is 15.1 Å². The van der Waals surface area contributed by atoms with Crippen LogP contribution >= 0.6 is 27.5 Å². The molecule has 0 aliphatic carbocycles. The van der Waals surface area contributed by atoms with Gasteiger partial charge in [0.2, 0.25) is 11.7 Å². The lowest BCUT2D eigenvalue weighted by atomic mass is 10.2. The summed E-state index contributed by atoms with van der Waals surface area (Å²) in [7, 11) is 0. The van der Waals surface area contributed by atoms with Gasteiger partial charge in [0, 0.05) is 16.6 Å². The standard InChI is InChI=1S/C18H13BrClN5O/c19-12-5-2-1-4-11(12)17-23-18(26-24-17)15-6-3-9-25(15)16-8-7-13(20)14(10-21)22-16/h1-2,4-5,7-8,15H,3,6,9H2. The van der Waals surface area contributed by atoms with Gasteiger partial charge in [0.15, 0.2) is 5.69 Å². The Balaban J connectivity index is 1.66. The Bertz CT molecular complexity index is 999. The zero-order chi connectivity index (χ0) is 18.1. The number of rotatable bonds is 3. The van der Waals surface area contributed by atoms with E-state index in [4.69, 9.17) is 21.4 Å². The van der Waals surface area contributed by atoms with Crippen molar-refractivity contribution in [3.63, 3.8) is 0 Å². The van der Waals surface area contributed by atoms with Crippen LogP contribution in [0.15, 0.2) is 45.4 Å². The Morgan fingerprint density at radius 1 is 1.23 bits per heavy atom. The predicted octanol–water partition coefficient (Wildman–Crippen LogP) is 4.76. The molecule has 1 fully saturated rings. The molecule has 0 saturated carbocycles. The van der Waals surface area contributed by atoms with Gasteiger partial charge in [-0.15, -0.1) is 0 Å². The van der Waals surface area contributed by atoms with Crippen LogP contribution in [0.1, 0.15) is 30.5 Å². The number of nitriles is 1. The molecule has 4 rings (SSSR count). The van der Waals surface area contributed by atoms with E-state index in [0.717, 1.165) is 29.4 Å². The molecule has 1 unspecified atom stereocenters. The van der Waals surface area contributed by atoms with E-state index >= 15 is 0 Å². The summed E-state index contributed by atoms with van der Waals surface area (Å²) < 4.78 is 6.46. The zero-order valence-electron chi connectivity index (χ0n) is 13.6. The molecule has 3 heterocycles. The second kappa shape index (κ2) is 7.06. The summed E-state index contributed by atoms with van der Waals surface area (Å²) >= 11 is 9.51. The van der Waals surface area contributed by atoms with E-state index < -0.39 is 0 Å². The van der Waals surface area contributed by atoms with Crippen LogP contribution in [0.4, 0.5) is 5.82 Å². The molecule has 3 aromatic rings. The molecule has 1 atom stereocenters. The fourth-order valence-electron chi connectivity index (χ4n) is 3.09. The van der Waals surface area contributed by atoms with Gasteiger partial charge < -0.3 is 9.42 Å². The third-order valence-corrected chi connectivity index (χ3v) is 5.32. The highest BCUT2D eigenvalue weighted by Crippen LogP contribution is 2.36. The third-order valence-electron chi connectivity index (χ3n) is 4.33. The minimum absolute atomic E-state index is 0.0704. The van der Waals surface area contributed by atoms with Gasteiger partial charge >= 0.3 is 0 Å².